The third kappa shape index (κ3) is 3.17. The molecule has 4 heterocycles. The highest BCUT2D eigenvalue weighted by molar-refractivity contribution is 6.33. The molecule has 7 nitrogen and oxygen atoms in total. The van der Waals surface area contributed by atoms with E-state index in [9.17, 15) is 22.0 Å². The molecule has 13 heteroatoms. The Balaban J connectivity index is 1.77. The lowest BCUT2D eigenvalue weighted by molar-refractivity contribution is -0.141. The Labute approximate surface area is 160 Å². The molecule has 1 N–H and O–H groups in total. The molecule has 4 rings (SSSR count). The highest BCUT2D eigenvalue weighted by atomic mass is 35.5. The molecular formula is C15H14ClF5N6O. The summed E-state index contributed by atoms with van der Waals surface area (Å²) in [4.78, 5) is 12.4. The molecule has 2 fully saturated rings. The van der Waals surface area contributed by atoms with E-state index in [1.54, 1.807) is 0 Å². The molecule has 0 aliphatic carbocycles. The van der Waals surface area contributed by atoms with Gasteiger partial charge in [0.05, 0.1) is 18.5 Å². The first-order valence-corrected chi connectivity index (χ1v) is 8.79. The monoisotopic (exact) mass is 424 g/mol. The second kappa shape index (κ2) is 6.48. The number of aromatic nitrogens is 4. The number of halogens is 6. The van der Waals surface area contributed by atoms with E-state index in [2.05, 4.69) is 25.4 Å². The third-order valence-corrected chi connectivity index (χ3v) is 5.25. The zero-order valence-corrected chi connectivity index (χ0v) is 15.2. The van der Waals surface area contributed by atoms with E-state index in [0.717, 1.165) is 17.9 Å². The summed E-state index contributed by atoms with van der Waals surface area (Å²) >= 11 is 5.88. The van der Waals surface area contributed by atoms with Crippen molar-refractivity contribution in [2.24, 2.45) is 0 Å². The van der Waals surface area contributed by atoms with Gasteiger partial charge >= 0.3 is 6.18 Å². The average Bonchev–Trinajstić information content (AvgIpc) is 3.30. The van der Waals surface area contributed by atoms with Crippen molar-refractivity contribution < 1.29 is 26.5 Å². The second-order valence-electron chi connectivity index (χ2n) is 6.74. The molecule has 2 atom stereocenters. The molecule has 2 aromatic rings. The van der Waals surface area contributed by atoms with E-state index >= 15 is 0 Å². The molecule has 2 aliphatic rings. The van der Waals surface area contributed by atoms with Crippen LogP contribution in [0.25, 0.3) is 11.5 Å². The smallest absolute Gasteiger partial charge is 0.339 e. The van der Waals surface area contributed by atoms with Crippen molar-refractivity contribution in [2.75, 3.05) is 24.5 Å². The summed E-state index contributed by atoms with van der Waals surface area (Å²) in [5, 5.41) is 5.98. The minimum atomic E-state index is -4.91. The number of anilines is 1. The maximum absolute atomic E-state index is 13.5. The van der Waals surface area contributed by atoms with Crippen molar-refractivity contribution in [1.29, 1.82) is 0 Å². The molecular weight excluding hydrogens is 411 g/mol. The molecule has 0 amide bonds. The topological polar surface area (TPSA) is 80.0 Å². The summed E-state index contributed by atoms with van der Waals surface area (Å²) in [5.41, 5.74) is -1.85. The predicted molar refractivity (Wildman–Crippen MR) is 87.3 cm³/mol. The average molecular weight is 425 g/mol. The maximum Gasteiger partial charge on any atom is 0.435 e. The van der Waals surface area contributed by atoms with Gasteiger partial charge in [-0.25, -0.2) is 18.7 Å². The fourth-order valence-electron chi connectivity index (χ4n) is 3.12. The van der Waals surface area contributed by atoms with Crippen LogP contribution in [0.5, 0.6) is 0 Å². The van der Waals surface area contributed by atoms with E-state index in [4.69, 9.17) is 16.1 Å². The Bertz CT molecular complexity index is 898. The molecule has 0 spiro atoms. The van der Waals surface area contributed by atoms with Crippen molar-refractivity contribution in [3.05, 3.63) is 16.6 Å². The molecule has 0 saturated carbocycles. The fraction of sp³-hybridized carbons (Fsp3) is 0.600. The van der Waals surface area contributed by atoms with Gasteiger partial charge in [0.1, 0.15) is 10.7 Å². The van der Waals surface area contributed by atoms with Crippen LogP contribution in [0.15, 0.2) is 4.52 Å². The first-order valence-electron chi connectivity index (χ1n) is 8.42. The lowest BCUT2D eigenvalue weighted by Gasteiger charge is -2.45. The minimum Gasteiger partial charge on any atom is -0.339 e. The number of hydrogen-bond acceptors (Lipinski definition) is 7. The van der Waals surface area contributed by atoms with Gasteiger partial charge in [-0.2, -0.15) is 18.2 Å². The molecule has 2 aliphatic heterocycles. The highest BCUT2D eigenvalue weighted by Gasteiger charge is 2.53. The summed E-state index contributed by atoms with van der Waals surface area (Å²) in [6.45, 7) is 1.73. The third-order valence-electron chi connectivity index (χ3n) is 4.89. The fourth-order valence-corrected chi connectivity index (χ4v) is 3.39. The summed E-state index contributed by atoms with van der Waals surface area (Å²) in [5.74, 6) is -3.64. The quantitative estimate of drug-likeness (QED) is 0.758. The lowest BCUT2D eigenvalue weighted by atomic mass is 10.0. The number of nitrogens with one attached hydrogen (secondary N) is 1. The van der Waals surface area contributed by atoms with E-state index in [-0.39, 0.29) is 17.6 Å². The standard InChI is InChI=1S/C15H14ClF5N6O/c1-6-14(17,18)5-27(6)13-23-9(8(16)10(24-13)15(19,20)21)11-25-12(28-26-11)7-2-3-22-4-7/h6-7,22H,2-5H2,1H3/t6-,7-/m0/s1. The Morgan fingerprint density at radius 2 is 2.00 bits per heavy atom. The SMILES string of the molecule is C[C@@H]1N(c2nc(-c3noc([C@H]4CCNC4)n3)c(Cl)c(C(F)(F)F)n2)CC1(F)F. The van der Waals surface area contributed by atoms with Crippen molar-refractivity contribution in [1.82, 2.24) is 25.4 Å². The Hall–Kier alpha value is -2.08. The number of nitrogens with zero attached hydrogens (tertiary/aromatic N) is 5. The summed E-state index contributed by atoms with van der Waals surface area (Å²) in [7, 11) is 0. The second-order valence-corrected chi connectivity index (χ2v) is 7.12. The normalized spacial score (nSPS) is 24.5. The minimum absolute atomic E-state index is 0.0717. The van der Waals surface area contributed by atoms with Crippen LogP contribution in [0.1, 0.15) is 30.8 Å². The van der Waals surface area contributed by atoms with Gasteiger partial charge in [0.15, 0.2) is 5.69 Å². The number of rotatable bonds is 3. The van der Waals surface area contributed by atoms with Gasteiger partial charge in [-0.1, -0.05) is 16.8 Å². The molecule has 0 aromatic carbocycles. The van der Waals surface area contributed by atoms with Crippen LogP contribution in [0, 0.1) is 0 Å². The Morgan fingerprint density at radius 3 is 2.57 bits per heavy atom. The van der Waals surface area contributed by atoms with Crippen molar-refractivity contribution in [3.63, 3.8) is 0 Å². The predicted octanol–water partition coefficient (Wildman–Crippen LogP) is 3.12. The summed E-state index contributed by atoms with van der Waals surface area (Å²) in [6.07, 6.45) is -4.18. The number of alkyl halides is 5. The van der Waals surface area contributed by atoms with Crippen LogP contribution in [0.4, 0.5) is 27.9 Å². The molecule has 0 bridgehead atoms. The van der Waals surface area contributed by atoms with Crippen LogP contribution in [0.3, 0.4) is 0 Å². The molecule has 0 unspecified atom stereocenters. The van der Waals surface area contributed by atoms with Gasteiger partial charge in [0, 0.05) is 6.54 Å². The van der Waals surface area contributed by atoms with Crippen LogP contribution >= 0.6 is 11.6 Å². The molecule has 2 saturated heterocycles. The molecule has 0 radical (unpaired) electrons. The summed E-state index contributed by atoms with van der Waals surface area (Å²) in [6, 6.07) is -1.35. The van der Waals surface area contributed by atoms with E-state index < -0.39 is 47.0 Å². The lowest BCUT2D eigenvalue weighted by Crippen LogP contribution is -2.64. The van der Waals surface area contributed by atoms with Gasteiger partial charge in [-0.05, 0) is 19.9 Å². The van der Waals surface area contributed by atoms with Crippen LogP contribution in [-0.4, -0.2) is 51.7 Å². The Morgan fingerprint density at radius 1 is 1.25 bits per heavy atom. The maximum atomic E-state index is 13.5. The molecule has 2 aromatic heterocycles. The zero-order chi connectivity index (χ0) is 20.3. The van der Waals surface area contributed by atoms with Crippen molar-refractivity contribution in [2.45, 2.75) is 37.4 Å². The van der Waals surface area contributed by atoms with Crippen LogP contribution in [0.2, 0.25) is 5.02 Å². The first-order chi connectivity index (χ1) is 13.1. The molecule has 28 heavy (non-hydrogen) atoms. The van der Waals surface area contributed by atoms with Crippen LogP contribution < -0.4 is 10.2 Å². The Kier molecular flexibility index (Phi) is 4.45. The van der Waals surface area contributed by atoms with Gasteiger partial charge < -0.3 is 14.7 Å². The van der Waals surface area contributed by atoms with Gasteiger partial charge in [0.2, 0.25) is 17.7 Å². The van der Waals surface area contributed by atoms with E-state index in [0.29, 0.717) is 6.54 Å². The highest BCUT2D eigenvalue weighted by Crippen LogP contribution is 2.42. The first kappa shape index (κ1) is 19.2. The van der Waals surface area contributed by atoms with E-state index in [1.165, 1.54) is 6.92 Å². The zero-order valence-electron chi connectivity index (χ0n) is 14.4. The van der Waals surface area contributed by atoms with Gasteiger partial charge in [0.25, 0.3) is 5.92 Å². The summed E-state index contributed by atoms with van der Waals surface area (Å²) < 4.78 is 72.3. The number of hydrogen-bond donors (Lipinski definition) is 1. The largest absolute Gasteiger partial charge is 0.435 e. The molecule has 152 valence electrons. The van der Waals surface area contributed by atoms with Crippen LogP contribution in [-0.2, 0) is 6.18 Å². The van der Waals surface area contributed by atoms with Crippen molar-refractivity contribution >= 4 is 17.5 Å². The van der Waals surface area contributed by atoms with Gasteiger partial charge in [-0.3, -0.25) is 0 Å². The van der Waals surface area contributed by atoms with Gasteiger partial charge in [-0.15, -0.1) is 0 Å². The van der Waals surface area contributed by atoms with Crippen molar-refractivity contribution in [3.8, 4) is 11.5 Å². The van der Waals surface area contributed by atoms with E-state index in [1.807, 2.05) is 0 Å².